The zero-order valence-electron chi connectivity index (χ0n) is 15.0. The van der Waals surface area contributed by atoms with E-state index in [2.05, 4.69) is 26.9 Å². The minimum absolute atomic E-state index is 0.187. The van der Waals surface area contributed by atoms with E-state index in [4.69, 9.17) is 9.15 Å². The highest BCUT2D eigenvalue weighted by molar-refractivity contribution is 5.44. The maximum Gasteiger partial charge on any atom is 0.118 e. The molecule has 134 valence electrons. The second-order valence-electron chi connectivity index (χ2n) is 7.51. The fraction of sp³-hybridized carbons (Fsp3) is 0.550. The Hall–Kier alpha value is -1.85. The second-order valence-corrected chi connectivity index (χ2v) is 7.51. The van der Waals surface area contributed by atoms with Crippen LogP contribution < -0.4 is 4.90 Å². The van der Waals surface area contributed by atoms with Gasteiger partial charge in [0.15, 0.2) is 0 Å². The Balaban J connectivity index is 1.48. The zero-order valence-corrected chi connectivity index (χ0v) is 15.0. The van der Waals surface area contributed by atoms with Crippen LogP contribution in [0.2, 0.25) is 0 Å². The Kier molecular flexibility index (Phi) is 4.77. The van der Waals surface area contributed by atoms with Gasteiger partial charge in [0.25, 0.3) is 0 Å². The molecule has 0 N–H and O–H groups in total. The first-order valence-electron chi connectivity index (χ1n) is 9.23. The Morgan fingerprint density at radius 1 is 1.20 bits per heavy atom. The van der Waals surface area contributed by atoms with Gasteiger partial charge in [0.2, 0.25) is 0 Å². The molecule has 2 aromatic rings. The van der Waals surface area contributed by atoms with E-state index in [1.165, 1.54) is 18.5 Å². The molecule has 2 aliphatic rings. The third-order valence-electron chi connectivity index (χ3n) is 5.37. The van der Waals surface area contributed by atoms with Crippen LogP contribution in [0.1, 0.15) is 24.4 Å². The van der Waals surface area contributed by atoms with Crippen LogP contribution in [0.15, 0.2) is 41.1 Å². The zero-order chi connectivity index (χ0) is 17.1. The summed E-state index contributed by atoms with van der Waals surface area (Å²) in [5, 5.41) is 0. The number of hydrogen-bond donors (Lipinski definition) is 0. The highest BCUT2D eigenvalue weighted by Gasteiger charge is 2.39. The lowest BCUT2D eigenvalue weighted by atomic mass is 9.80. The number of nitrogens with zero attached hydrogens (tertiary/aromatic N) is 3. The summed E-state index contributed by atoms with van der Waals surface area (Å²) in [5.41, 5.74) is 1.39. The number of pyridine rings is 1. The monoisotopic (exact) mass is 341 g/mol. The average Bonchev–Trinajstić information content (AvgIpc) is 2.92. The maximum atomic E-state index is 6.03. The van der Waals surface area contributed by atoms with Crippen LogP contribution in [-0.2, 0) is 11.3 Å². The van der Waals surface area contributed by atoms with Crippen molar-refractivity contribution in [1.29, 1.82) is 0 Å². The van der Waals surface area contributed by atoms with Gasteiger partial charge in [0.05, 0.1) is 31.6 Å². The van der Waals surface area contributed by atoms with Crippen molar-refractivity contribution in [3.8, 4) is 0 Å². The van der Waals surface area contributed by atoms with Crippen LogP contribution in [0.3, 0.4) is 0 Å². The summed E-state index contributed by atoms with van der Waals surface area (Å²) < 4.78 is 11.8. The summed E-state index contributed by atoms with van der Waals surface area (Å²) in [6, 6.07) is 8.31. The fourth-order valence-electron chi connectivity index (χ4n) is 4.24. The van der Waals surface area contributed by atoms with Gasteiger partial charge in [-0.25, -0.2) is 0 Å². The average molecular weight is 341 g/mol. The molecule has 0 radical (unpaired) electrons. The summed E-state index contributed by atoms with van der Waals surface area (Å²) in [4.78, 5) is 9.26. The van der Waals surface area contributed by atoms with Gasteiger partial charge in [-0.15, -0.1) is 0 Å². The number of likely N-dealkylation sites (tertiary alicyclic amines) is 1. The van der Waals surface area contributed by atoms with E-state index in [9.17, 15) is 0 Å². The summed E-state index contributed by atoms with van der Waals surface area (Å²) in [6.07, 6.45) is 6.23. The Morgan fingerprint density at radius 2 is 2.16 bits per heavy atom. The predicted octanol–water partition coefficient (Wildman–Crippen LogP) is 3.10. The molecule has 1 atom stereocenters. The molecular formula is C20H27N3O2. The van der Waals surface area contributed by atoms with Gasteiger partial charge < -0.3 is 14.1 Å². The van der Waals surface area contributed by atoms with E-state index >= 15 is 0 Å². The summed E-state index contributed by atoms with van der Waals surface area (Å²) in [7, 11) is 0. The Morgan fingerprint density at radius 3 is 2.96 bits per heavy atom. The lowest BCUT2D eigenvalue weighted by Gasteiger charge is -2.43. The van der Waals surface area contributed by atoms with Gasteiger partial charge >= 0.3 is 0 Å². The van der Waals surface area contributed by atoms with Crippen molar-refractivity contribution in [3.63, 3.8) is 0 Å². The van der Waals surface area contributed by atoms with Crippen molar-refractivity contribution in [1.82, 2.24) is 9.88 Å². The first-order valence-corrected chi connectivity index (χ1v) is 9.23. The summed E-state index contributed by atoms with van der Waals surface area (Å²) >= 11 is 0. The van der Waals surface area contributed by atoms with Crippen LogP contribution in [0.4, 0.5) is 5.69 Å². The Bertz CT molecular complexity index is 687. The van der Waals surface area contributed by atoms with Crippen LogP contribution in [0.5, 0.6) is 0 Å². The number of anilines is 1. The van der Waals surface area contributed by atoms with Crippen LogP contribution in [0, 0.1) is 12.3 Å². The molecule has 4 heterocycles. The molecule has 1 unspecified atom stereocenters. The van der Waals surface area contributed by atoms with Crippen molar-refractivity contribution >= 4 is 5.69 Å². The highest BCUT2D eigenvalue weighted by atomic mass is 16.5. The number of hydrogen-bond acceptors (Lipinski definition) is 5. The minimum Gasteiger partial charge on any atom is -0.465 e. The third-order valence-corrected chi connectivity index (χ3v) is 5.37. The molecular weight excluding hydrogens is 314 g/mol. The third kappa shape index (κ3) is 3.88. The quantitative estimate of drug-likeness (QED) is 0.858. The number of piperidine rings is 1. The lowest BCUT2D eigenvalue weighted by Crippen LogP contribution is -2.50. The highest BCUT2D eigenvalue weighted by Crippen LogP contribution is 2.35. The molecule has 0 aromatic carbocycles. The van der Waals surface area contributed by atoms with Crippen molar-refractivity contribution in [2.24, 2.45) is 5.41 Å². The molecule has 0 aliphatic carbocycles. The van der Waals surface area contributed by atoms with E-state index in [1.54, 1.807) is 0 Å². The van der Waals surface area contributed by atoms with Gasteiger partial charge in [-0.05, 0) is 50.6 Å². The molecule has 1 spiro atoms. The van der Waals surface area contributed by atoms with Gasteiger partial charge in [0, 0.05) is 31.2 Å². The van der Waals surface area contributed by atoms with E-state index in [0.29, 0.717) is 0 Å². The number of furan rings is 1. The molecule has 2 aliphatic heterocycles. The SMILES string of the molecule is Cc1ccc(CN2CCCC3(COCCN(c4cccnc4)C3)C2)o1. The molecule has 2 saturated heterocycles. The van der Waals surface area contributed by atoms with Crippen LogP contribution in [0.25, 0.3) is 0 Å². The smallest absolute Gasteiger partial charge is 0.118 e. The number of aryl methyl sites for hydroxylation is 1. The van der Waals surface area contributed by atoms with Crippen LogP contribution >= 0.6 is 0 Å². The van der Waals surface area contributed by atoms with Gasteiger partial charge in [0.1, 0.15) is 11.5 Å². The van der Waals surface area contributed by atoms with Crippen molar-refractivity contribution < 1.29 is 9.15 Å². The molecule has 0 amide bonds. The molecule has 5 nitrogen and oxygen atoms in total. The van der Waals surface area contributed by atoms with Gasteiger partial charge in [-0.3, -0.25) is 9.88 Å². The molecule has 2 fully saturated rings. The second kappa shape index (κ2) is 7.18. The first kappa shape index (κ1) is 16.6. The number of ether oxygens (including phenoxy) is 1. The lowest BCUT2D eigenvalue weighted by molar-refractivity contribution is 0.00875. The van der Waals surface area contributed by atoms with E-state index in [-0.39, 0.29) is 5.41 Å². The van der Waals surface area contributed by atoms with Crippen LogP contribution in [-0.4, -0.2) is 49.3 Å². The molecule has 25 heavy (non-hydrogen) atoms. The number of rotatable bonds is 3. The molecule has 0 bridgehead atoms. The maximum absolute atomic E-state index is 6.03. The standard InChI is InChI=1S/C20H27N3O2/c1-17-5-6-19(25-17)13-22-9-3-7-20(14-22)15-23(10-11-24-16-20)18-4-2-8-21-12-18/h2,4-6,8,12H,3,7,9-11,13-16H2,1H3. The molecule has 4 rings (SSSR count). The molecule has 5 heteroatoms. The van der Waals surface area contributed by atoms with E-state index in [0.717, 1.165) is 57.5 Å². The van der Waals surface area contributed by atoms with Gasteiger partial charge in [-0.2, -0.15) is 0 Å². The first-order chi connectivity index (χ1) is 12.2. The normalized spacial score (nSPS) is 25.2. The van der Waals surface area contributed by atoms with Gasteiger partial charge in [-0.1, -0.05) is 0 Å². The van der Waals surface area contributed by atoms with E-state index < -0.39 is 0 Å². The largest absolute Gasteiger partial charge is 0.465 e. The summed E-state index contributed by atoms with van der Waals surface area (Å²) in [6.45, 7) is 8.69. The van der Waals surface area contributed by atoms with Crippen molar-refractivity contribution in [3.05, 3.63) is 48.2 Å². The van der Waals surface area contributed by atoms with E-state index in [1.807, 2.05) is 31.5 Å². The predicted molar refractivity (Wildman–Crippen MR) is 97.7 cm³/mol. The summed E-state index contributed by atoms with van der Waals surface area (Å²) in [5.74, 6) is 2.05. The molecule has 0 saturated carbocycles. The minimum atomic E-state index is 0.187. The Labute approximate surface area is 149 Å². The van der Waals surface area contributed by atoms with Crippen molar-refractivity contribution in [2.45, 2.75) is 26.3 Å². The molecule has 2 aromatic heterocycles. The fourth-order valence-corrected chi connectivity index (χ4v) is 4.24. The number of aromatic nitrogens is 1. The van der Waals surface area contributed by atoms with Crippen molar-refractivity contribution in [2.75, 3.05) is 44.3 Å². The topological polar surface area (TPSA) is 41.7 Å².